The van der Waals surface area contributed by atoms with E-state index in [2.05, 4.69) is 18.7 Å². The van der Waals surface area contributed by atoms with Gasteiger partial charge in [-0.05, 0) is 41.8 Å². The summed E-state index contributed by atoms with van der Waals surface area (Å²) in [6, 6.07) is 14.9. The second kappa shape index (κ2) is 5.92. The number of ether oxygens (including phenoxy) is 1. The molecule has 0 amide bonds. The zero-order valence-corrected chi connectivity index (χ0v) is 10.2. The molecule has 0 atom stereocenters. The first-order chi connectivity index (χ1) is 8.79. The third-order valence-corrected chi connectivity index (χ3v) is 2.71. The third kappa shape index (κ3) is 3.14. The van der Waals surface area contributed by atoms with E-state index in [4.69, 9.17) is 4.74 Å². The van der Waals surface area contributed by atoms with Crippen molar-refractivity contribution in [3.63, 3.8) is 0 Å². The van der Waals surface area contributed by atoms with Crippen molar-refractivity contribution in [3.05, 3.63) is 72.3 Å². The van der Waals surface area contributed by atoms with Crippen molar-refractivity contribution in [1.29, 1.82) is 0 Å². The number of hydrogen-bond donors (Lipinski definition) is 1. The van der Waals surface area contributed by atoms with Crippen molar-refractivity contribution in [2.45, 2.75) is 13.0 Å². The Kier molecular flexibility index (Phi) is 4.02. The minimum absolute atomic E-state index is 0.245. The number of allylic oxidation sites excluding steroid dienone is 1. The second-order valence-corrected chi connectivity index (χ2v) is 4.04. The lowest BCUT2D eigenvalue weighted by Gasteiger charge is -2.10. The fourth-order valence-corrected chi connectivity index (χ4v) is 1.76. The number of rotatable bonds is 5. The minimum Gasteiger partial charge on any atom is -0.508 e. The van der Waals surface area contributed by atoms with Crippen molar-refractivity contribution in [3.8, 4) is 11.5 Å². The smallest absolute Gasteiger partial charge is 0.120 e. The molecule has 0 aliphatic rings. The van der Waals surface area contributed by atoms with Crippen LogP contribution in [0.3, 0.4) is 0 Å². The number of hydrogen-bond acceptors (Lipinski definition) is 2. The molecular weight excluding hydrogens is 224 g/mol. The Labute approximate surface area is 107 Å². The van der Waals surface area contributed by atoms with Crippen LogP contribution in [0.15, 0.2) is 61.2 Å². The Bertz CT molecular complexity index is 515. The molecule has 2 nitrogen and oxygen atoms in total. The average Bonchev–Trinajstić information content (AvgIpc) is 2.40. The fraction of sp³-hybridized carbons (Fsp3) is 0.125. The van der Waals surface area contributed by atoms with Gasteiger partial charge in [-0.2, -0.15) is 0 Å². The predicted octanol–water partition coefficient (Wildman–Crippen LogP) is 3.70. The van der Waals surface area contributed by atoms with Crippen LogP contribution in [0.1, 0.15) is 11.1 Å². The number of aromatic hydroxyl groups is 1. The zero-order chi connectivity index (χ0) is 12.8. The maximum Gasteiger partial charge on any atom is 0.120 e. The molecule has 0 bridgehead atoms. The molecule has 0 saturated heterocycles. The van der Waals surface area contributed by atoms with Gasteiger partial charge in [-0.25, -0.2) is 0 Å². The van der Waals surface area contributed by atoms with Crippen LogP contribution >= 0.6 is 0 Å². The molecule has 0 fully saturated rings. The van der Waals surface area contributed by atoms with E-state index in [1.54, 1.807) is 24.3 Å². The van der Waals surface area contributed by atoms with Gasteiger partial charge in [-0.1, -0.05) is 30.3 Å². The molecular formula is C16H16O2. The van der Waals surface area contributed by atoms with Crippen LogP contribution in [-0.2, 0) is 13.0 Å². The molecule has 0 aliphatic carbocycles. The molecule has 2 heteroatoms. The summed E-state index contributed by atoms with van der Waals surface area (Å²) in [5, 5.41) is 9.19. The van der Waals surface area contributed by atoms with Crippen molar-refractivity contribution in [2.24, 2.45) is 0 Å². The molecule has 0 aromatic heterocycles. The molecule has 0 saturated carbocycles. The van der Waals surface area contributed by atoms with E-state index in [1.165, 1.54) is 5.56 Å². The molecule has 2 rings (SSSR count). The molecule has 0 heterocycles. The summed E-state index contributed by atoms with van der Waals surface area (Å²) >= 11 is 0. The van der Waals surface area contributed by atoms with Crippen LogP contribution in [0, 0.1) is 0 Å². The van der Waals surface area contributed by atoms with E-state index in [1.807, 2.05) is 18.2 Å². The first-order valence-electron chi connectivity index (χ1n) is 5.89. The minimum atomic E-state index is 0.245. The van der Waals surface area contributed by atoms with E-state index in [0.717, 1.165) is 17.7 Å². The molecule has 2 aromatic rings. The monoisotopic (exact) mass is 240 g/mol. The molecule has 0 aliphatic heterocycles. The maximum absolute atomic E-state index is 9.19. The summed E-state index contributed by atoms with van der Waals surface area (Å²) in [6.07, 6.45) is 2.73. The Hall–Kier alpha value is -2.22. The van der Waals surface area contributed by atoms with Crippen LogP contribution in [-0.4, -0.2) is 5.11 Å². The predicted molar refractivity (Wildman–Crippen MR) is 72.8 cm³/mol. The summed E-state index contributed by atoms with van der Waals surface area (Å²) in [5.74, 6) is 0.996. The van der Waals surface area contributed by atoms with E-state index in [0.29, 0.717) is 6.61 Å². The van der Waals surface area contributed by atoms with Crippen LogP contribution in [0.25, 0.3) is 0 Å². The maximum atomic E-state index is 9.19. The van der Waals surface area contributed by atoms with Gasteiger partial charge in [-0.15, -0.1) is 6.58 Å². The van der Waals surface area contributed by atoms with Crippen molar-refractivity contribution in [1.82, 2.24) is 0 Å². The fourth-order valence-electron chi connectivity index (χ4n) is 1.76. The van der Waals surface area contributed by atoms with Crippen molar-refractivity contribution < 1.29 is 9.84 Å². The normalized spacial score (nSPS) is 10.0. The molecule has 18 heavy (non-hydrogen) atoms. The van der Waals surface area contributed by atoms with E-state index in [-0.39, 0.29) is 5.75 Å². The molecule has 92 valence electrons. The Morgan fingerprint density at radius 3 is 2.33 bits per heavy atom. The highest BCUT2D eigenvalue weighted by Gasteiger charge is 2.01. The van der Waals surface area contributed by atoms with E-state index < -0.39 is 0 Å². The topological polar surface area (TPSA) is 29.5 Å². The molecule has 1 N–H and O–H groups in total. The van der Waals surface area contributed by atoms with Crippen molar-refractivity contribution in [2.75, 3.05) is 0 Å². The van der Waals surface area contributed by atoms with Gasteiger partial charge in [0.05, 0.1) is 0 Å². The lowest BCUT2D eigenvalue weighted by atomic mass is 10.1. The molecule has 0 radical (unpaired) electrons. The van der Waals surface area contributed by atoms with Crippen LogP contribution < -0.4 is 4.74 Å². The summed E-state index contributed by atoms with van der Waals surface area (Å²) in [4.78, 5) is 0. The van der Waals surface area contributed by atoms with Gasteiger partial charge >= 0.3 is 0 Å². The van der Waals surface area contributed by atoms with Gasteiger partial charge in [0.25, 0.3) is 0 Å². The van der Waals surface area contributed by atoms with Gasteiger partial charge in [-0.3, -0.25) is 0 Å². The van der Waals surface area contributed by atoms with Gasteiger partial charge in [0.15, 0.2) is 0 Å². The van der Waals surface area contributed by atoms with Crippen LogP contribution in [0.2, 0.25) is 0 Å². The first-order valence-corrected chi connectivity index (χ1v) is 5.89. The molecule has 2 aromatic carbocycles. The summed E-state index contributed by atoms with van der Waals surface area (Å²) in [7, 11) is 0. The quantitative estimate of drug-likeness (QED) is 0.807. The number of phenols is 1. The standard InChI is InChI=1S/C16H16O2/c1-2-5-13-6-3-4-7-14(13)12-18-16-10-8-15(17)9-11-16/h2-4,6-11,17H,1,5,12H2. The molecule has 0 spiro atoms. The van der Waals surface area contributed by atoms with Gasteiger partial charge in [0.2, 0.25) is 0 Å². The second-order valence-electron chi connectivity index (χ2n) is 4.04. The SMILES string of the molecule is C=CCc1ccccc1COc1ccc(O)cc1. The zero-order valence-electron chi connectivity index (χ0n) is 10.2. The summed E-state index contributed by atoms with van der Waals surface area (Å²) in [5.41, 5.74) is 2.39. The average molecular weight is 240 g/mol. The van der Waals surface area contributed by atoms with Gasteiger partial charge < -0.3 is 9.84 Å². The summed E-state index contributed by atoms with van der Waals surface area (Å²) < 4.78 is 5.69. The third-order valence-electron chi connectivity index (χ3n) is 2.71. The first kappa shape index (κ1) is 12.2. The highest BCUT2D eigenvalue weighted by atomic mass is 16.5. The highest BCUT2D eigenvalue weighted by Crippen LogP contribution is 2.18. The lowest BCUT2D eigenvalue weighted by molar-refractivity contribution is 0.304. The van der Waals surface area contributed by atoms with Gasteiger partial charge in [0, 0.05) is 0 Å². The summed E-state index contributed by atoms with van der Waals surface area (Å²) in [6.45, 7) is 4.28. The number of phenolic OH excluding ortho intramolecular Hbond substituents is 1. The highest BCUT2D eigenvalue weighted by molar-refractivity contribution is 5.32. The van der Waals surface area contributed by atoms with Crippen molar-refractivity contribution >= 4 is 0 Å². The lowest BCUT2D eigenvalue weighted by Crippen LogP contribution is -1.99. The molecule has 0 unspecified atom stereocenters. The largest absolute Gasteiger partial charge is 0.508 e. The van der Waals surface area contributed by atoms with E-state index in [9.17, 15) is 5.11 Å². The Morgan fingerprint density at radius 1 is 1.00 bits per heavy atom. The van der Waals surface area contributed by atoms with Crippen LogP contribution in [0.4, 0.5) is 0 Å². The van der Waals surface area contributed by atoms with Gasteiger partial charge in [0.1, 0.15) is 18.1 Å². The Morgan fingerprint density at radius 2 is 1.67 bits per heavy atom. The number of benzene rings is 2. The van der Waals surface area contributed by atoms with E-state index >= 15 is 0 Å². The Balaban J connectivity index is 2.05. The van der Waals surface area contributed by atoms with Crippen LogP contribution in [0.5, 0.6) is 11.5 Å².